The number of rotatable bonds is 3. The molecule has 92 valence electrons. The smallest absolute Gasteiger partial charge is 0.292 e. The van der Waals surface area contributed by atoms with Gasteiger partial charge in [-0.2, -0.15) is 0 Å². The molecule has 3 rings (SSSR count). The summed E-state index contributed by atoms with van der Waals surface area (Å²) >= 11 is 0. The molecule has 1 aromatic heterocycles. The highest BCUT2D eigenvalue weighted by atomic mass is 16.5. The molecule has 3 heteroatoms. The van der Waals surface area contributed by atoms with Crippen LogP contribution in [-0.4, -0.2) is 4.57 Å². The van der Waals surface area contributed by atoms with Gasteiger partial charge in [-0.25, -0.2) is 0 Å². The molecule has 0 saturated carbocycles. The van der Waals surface area contributed by atoms with Crippen molar-refractivity contribution in [3.8, 4) is 12.0 Å². The fraction of sp³-hybridized carbons (Fsp3) is 0.0625. The Kier molecular flexibility index (Phi) is 2.91. The minimum absolute atomic E-state index is 0.606. The van der Waals surface area contributed by atoms with Crippen molar-refractivity contribution in [2.24, 2.45) is 0 Å². The van der Waals surface area contributed by atoms with Crippen LogP contribution in [0.5, 0.6) is 5.75 Å². The van der Waals surface area contributed by atoms with E-state index in [1.807, 2.05) is 48.7 Å². The van der Waals surface area contributed by atoms with E-state index >= 15 is 0 Å². The van der Waals surface area contributed by atoms with Gasteiger partial charge in [-0.05, 0) is 17.7 Å². The summed E-state index contributed by atoms with van der Waals surface area (Å²) in [5.41, 5.74) is 2.28. The van der Waals surface area contributed by atoms with Crippen molar-refractivity contribution < 1.29 is 4.74 Å². The first-order chi connectivity index (χ1) is 9.38. The minimum Gasteiger partial charge on any atom is -0.386 e. The Morgan fingerprint density at radius 2 is 1.74 bits per heavy atom. The van der Waals surface area contributed by atoms with Gasteiger partial charge in [0.05, 0.1) is 5.52 Å². The van der Waals surface area contributed by atoms with E-state index in [0.717, 1.165) is 17.4 Å². The topological polar surface area (TPSA) is 37.9 Å². The maximum absolute atomic E-state index is 8.70. The molecule has 0 atom stereocenters. The molecule has 0 aliphatic rings. The largest absolute Gasteiger partial charge is 0.386 e. The lowest BCUT2D eigenvalue weighted by atomic mass is 10.2. The van der Waals surface area contributed by atoms with Crippen LogP contribution in [-0.2, 0) is 6.54 Å². The summed E-state index contributed by atoms with van der Waals surface area (Å²) in [7, 11) is 0. The van der Waals surface area contributed by atoms with Gasteiger partial charge in [-0.3, -0.25) is 0 Å². The van der Waals surface area contributed by atoms with Gasteiger partial charge in [0, 0.05) is 18.1 Å². The highest BCUT2D eigenvalue weighted by molar-refractivity contribution is 5.87. The van der Waals surface area contributed by atoms with Crippen molar-refractivity contribution in [1.82, 2.24) is 4.57 Å². The fourth-order valence-electron chi connectivity index (χ4n) is 2.25. The zero-order valence-electron chi connectivity index (χ0n) is 10.3. The van der Waals surface area contributed by atoms with Crippen LogP contribution in [0.3, 0.4) is 0 Å². The van der Waals surface area contributed by atoms with E-state index in [1.54, 1.807) is 6.26 Å². The summed E-state index contributed by atoms with van der Waals surface area (Å²) in [4.78, 5) is 0. The van der Waals surface area contributed by atoms with E-state index in [9.17, 15) is 0 Å². The molecule has 3 nitrogen and oxygen atoms in total. The first kappa shape index (κ1) is 11.4. The quantitative estimate of drug-likeness (QED) is 0.665. The van der Waals surface area contributed by atoms with E-state index in [2.05, 4.69) is 16.7 Å². The molecule has 0 aliphatic heterocycles. The second-order valence-corrected chi connectivity index (χ2v) is 4.32. The van der Waals surface area contributed by atoms with Gasteiger partial charge in [0.25, 0.3) is 6.26 Å². The molecule has 0 radical (unpaired) electrons. The van der Waals surface area contributed by atoms with Crippen molar-refractivity contribution in [2.75, 3.05) is 0 Å². The third kappa shape index (κ3) is 2.16. The summed E-state index contributed by atoms with van der Waals surface area (Å²) in [5, 5.41) is 9.65. The monoisotopic (exact) mass is 248 g/mol. The lowest BCUT2D eigenvalue weighted by Crippen LogP contribution is -1.97. The van der Waals surface area contributed by atoms with Crippen LogP contribution in [0.2, 0.25) is 0 Å². The van der Waals surface area contributed by atoms with Gasteiger partial charge in [0.2, 0.25) is 0 Å². The Balaban J connectivity index is 2.07. The maximum atomic E-state index is 8.70. The minimum atomic E-state index is 0.606. The predicted molar refractivity (Wildman–Crippen MR) is 73.7 cm³/mol. The number of nitrogens with zero attached hydrogens (tertiary/aromatic N) is 2. The van der Waals surface area contributed by atoms with E-state index in [-0.39, 0.29) is 0 Å². The summed E-state index contributed by atoms with van der Waals surface area (Å²) < 4.78 is 7.12. The van der Waals surface area contributed by atoms with Gasteiger partial charge in [0.15, 0.2) is 5.75 Å². The van der Waals surface area contributed by atoms with Crippen LogP contribution in [0.25, 0.3) is 10.9 Å². The summed E-state index contributed by atoms with van der Waals surface area (Å²) in [6, 6.07) is 18.1. The molecule has 0 N–H and O–H groups in total. The highest BCUT2D eigenvalue weighted by Crippen LogP contribution is 2.28. The molecule has 0 fully saturated rings. The molecule has 0 aliphatic carbocycles. The molecule has 0 saturated heterocycles. The number of hydrogen-bond acceptors (Lipinski definition) is 2. The van der Waals surface area contributed by atoms with Crippen molar-refractivity contribution in [2.45, 2.75) is 6.54 Å². The SMILES string of the molecule is N#COc1cn(Cc2ccccc2)c2ccccc12. The van der Waals surface area contributed by atoms with Gasteiger partial charge < -0.3 is 9.30 Å². The number of nitriles is 1. The second-order valence-electron chi connectivity index (χ2n) is 4.32. The Morgan fingerprint density at radius 1 is 1.00 bits per heavy atom. The van der Waals surface area contributed by atoms with Crippen molar-refractivity contribution in [3.05, 3.63) is 66.4 Å². The van der Waals surface area contributed by atoms with Gasteiger partial charge in [0.1, 0.15) is 0 Å². The molecule has 0 spiro atoms. The molecule has 19 heavy (non-hydrogen) atoms. The number of aromatic nitrogens is 1. The third-order valence-electron chi connectivity index (χ3n) is 3.10. The zero-order valence-corrected chi connectivity index (χ0v) is 10.3. The average Bonchev–Trinajstić information content (AvgIpc) is 2.79. The number of benzene rings is 2. The molecule has 1 heterocycles. The Hall–Kier alpha value is -2.73. The predicted octanol–water partition coefficient (Wildman–Crippen LogP) is 3.55. The maximum Gasteiger partial charge on any atom is 0.292 e. The number of hydrogen-bond donors (Lipinski definition) is 0. The standard InChI is InChI=1S/C16H12N2O/c17-12-19-16-11-18(10-13-6-2-1-3-7-13)15-9-5-4-8-14(15)16/h1-9,11H,10H2. The molecule has 2 aromatic carbocycles. The summed E-state index contributed by atoms with van der Waals surface area (Å²) in [6.45, 7) is 0.760. The van der Waals surface area contributed by atoms with Crippen LogP contribution >= 0.6 is 0 Å². The van der Waals surface area contributed by atoms with Crippen LogP contribution < -0.4 is 4.74 Å². The first-order valence-electron chi connectivity index (χ1n) is 6.06. The number of ether oxygens (including phenoxy) is 1. The lowest BCUT2D eigenvalue weighted by Gasteiger charge is -2.04. The van der Waals surface area contributed by atoms with Gasteiger partial charge >= 0.3 is 0 Å². The Labute approximate surface area is 111 Å². The summed E-state index contributed by atoms with van der Waals surface area (Å²) in [5.74, 6) is 0.606. The lowest BCUT2D eigenvalue weighted by molar-refractivity contribution is 0.510. The van der Waals surface area contributed by atoms with Gasteiger partial charge in [-0.15, -0.1) is 5.26 Å². The van der Waals surface area contributed by atoms with Crippen molar-refractivity contribution in [3.63, 3.8) is 0 Å². The van der Waals surface area contributed by atoms with Crippen LogP contribution in [0.4, 0.5) is 0 Å². The number of fused-ring (bicyclic) bond motifs is 1. The Bertz CT molecular complexity index is 738. The van der Waals surface area contributed by atoms with E-state index in [0.29, 0.717) is 5.75 Å². The average molecular weight is 248 g/mol. The third-order valence-corrected chi connectivity index (χ3v) is 3.10. The Morgan fingerprint density at radius 3 is 2.53 bits per heavy atom. The van der Waals surface area contributed by atoms with Crippen molar-refractivity contribution >= 4 is 10.9 Å². The molecular weight excluding hydrogens is 236 g/mol. The molecule has 0 unspecified atom stereocenters. The van der Waals surface area contributed by atoms with E-state index in [1.165, 1.54) is 5.56 Å². The normalized spacial score (nSPS) is 10.3. The molecule has 3 aromatic rings. The molecule has 0 amide bonds. The fourth-order valence-corrected chi connectivity index (χ4v) is 2.25. The van der Waals surface area contributed by atoms with Gasteiger partial charge in [-0.1, -0.05) is 42.5 Å². The second kappa shape index (κ2) is 4.87. The van der Waals surface area contributed by atoms with Crippen LogP contribution in [0.1, 0.15) is 5.56 Å². The zero-order chi connectivity index (χ0) is 13.1. The highest BCUT2D eigenvalue weighted by Gasteiger charge is 2.09. The number of para-hydroxylation sites is 1. The van der Waals surface area contributed by atoms with Crippen molar-refractivity contribution in [1.29, 1.82) is 5.26 Å². The molecule has 0 bridgehead atoms. The van der Waals surface area contributed by atoms with E-state index in [4.69, 9.17) is 10.00 Å². The molecular formula is C16H12N2O. The summed E-state index contributed by atoms with van der Waals surface area (Å²) in [6.07, 6.45) is 3.62. The van der Waals surface area contributed by atoms with Crippen LogP contribution in [0.15, 0.2) is 60.8 Å². The first-order valence-corrected chi connectivity index (χ1v) is 6.06. The van der Waals surface area contributed by atoms with E-state index < -0.39 is 0 Å². The van der Waals surface area contributed by atoms with Crippen LogP contribution in [0, 0.1) is 11.5 Å².